The smallest absolute Gasteiger partial charge is 0.243 e. The molecule has 6 nitrogen and oxygen atoms in total. The van der Waals surface area contributed by atoms with E-state index in [1.807, 2.05) is 85.8 Å². The van der Waals surface area contributed by atoms with Crippen LogP contribution in [0.2, 0.25) is 0 Å². The molecule has 4 aromatic carbocycles. The number of anilines is 2. The van der Waals surface area contributed by atoms with Gasteiger partial charge in [0.25, 0.3) is 0 Å². The lowest BCUT2D eigenvalue weighted by molar-refractivity contribution is -0.121. The number of rotatable bonds is 7. The van der Waals surface area contributed by atoms with Crippen molar-refractivity contribution in [3.05, 3.63) is 132 Å². The molecule has 0 aliphatic carbocycles. The molecule has 0 saturated carbocycles. The van der Waals surface area contributed by atoms with Crippen LogP contribution in [0.3, 0.4) is 0 Å². The molecule has 1 heterocycles. The van der Waals surface area contributed by atoms with E-state index >= 15 is 0 Å². The number of aryl methyl sites for hydroxylation is 1. The standard InChI is InChI=1S/C32H30N2O4S/c1-23-18-20-27(21-19-23)39(36,37)33-22-24(2)30(31(33)28-16-10-11-17-29(28)38-3)32(35)34(25-12-6-4-7-13-25)26-14-8-5-9-15-26/h4-21,30-31H,2,22H2,1,3H3/t30-,31+/m1/s1. The van der Waals surface area contributed by atoms with Crippen molar-refractivity contribution in [2.75, 3.05) is 18.6 Å². The Morgan fingerprint density at radius 3 is 1.95 bits per heavy atom. The van der Waals surface area contributed by atoms with Crippen molar-refractivity contribution in [1.82, 2.24) is 4.31 Å². The average molecular weight is 539 g/mol. The summed E-state index contributed by atoms with van der Waals surface area (Å²) in [7, 11) is -2.45. The van der Waals surface area contributed by atoms with Crippen LogP contribution in [0.5, 0.6) is 5.75 Å². The molecule has 2 atom stereocenters. The zero-order chi connectivity index (χ0) is 27.6. The lowest BCUT2D eigenvalue weighted by atomic mass is 9.89. The van der Waals surface area contributed by atoms with Gasteiger partial charge in [0.15, 0.2) is 0 Å². The molecular formula is C32H30N2O4S. The van der Waals surface area contributed by atoms with E-state index in [4.69, 9.17) is 4.74 Å². The van der Waals surface area contributed by atoms with E-state index < -0.39 is 22.0 Å². The summed E-state index contributed by atoms with van der Waals surface area (Å²) in [6.07, 6.45) is 0. The quantitative estimate of drug-likeness (QED) is 0.260. The normalized spacial score (nSPS) is 17.6. The molecule has 1 aliphatic heterocycles. The molecular weight excluding hydrogens is 508 g/mol. The van der Waals surface area contributed by atoms with Gasteiger partial charge in [-0.25, -0.2) is 8.42 Å². The molecule has 4 aromatic rings. The summed E-state index contributed by atoms with van der Waals surface area (Å²) in [4.78, 5) is 16.4. The fourth-order valence-electron chi connectivity index (χ4n) is 5.12. The number of carbonyl (C=O) groups excluding carboxylic acids is 1. The molecule has 1 saturated heterocycles. The molecule has 0 radical (unpaired) electrons. The van der Waals surface area contributed by atoms with Crippen molar-refractivity contribution < 1.29 is 17.9 Å². The summed E-state index contributed by atoms with van der Waals surface area (Å²) >= 11 is 0. The first-order valence-electron chi connectivity index (χ1n) is 12.7. The van der Waals surface area contributed by atoms with Crippen LogP contribution < -0.4 is 9.64 Å². The predicted octanol–water partition coefficient (Wildman–Crippen LogP) is 6.29. The van der Waals surface area contributed by atoms with Gasteiger partial charge in [0, 0.05) is 23.5 Å². The van der Waals surface area contributed by atoms with Crippen molar-refractivity contribution in [3.63, 3.8) is 0 Å². The van der Waals surface area contributed by atoms with E-state index in [1.54, 1.807) is 42.3 Å². The van der Waals surface area contributed by atoms with Crippen molar-refractivity contribution in [2.24, 2.45) is 5.92 Å². The summed E-state index contributed by atoms with van der Waals surface area (Å²) in [6.45, 7) is 6.15. The van der Waals surface area contributed by atoms with Crippen LogP contribution in [0.25, 0.3) is 0 Å². The summed E-state index contributed by atoms with van der Waals surface area (Å²) in [5.41, 5.74) is 3.44. The second-order valence-corrected chi connectivity index (χ2v) is 11.4. The van der Waals surface area contributed by atoms with Crippen LogP contribution in [0.15, 0.2) is 126 Å². The van der Waals surface area contributed by atoms with Crippen LogP contribution >= 0.6 is 0 Å². The van der Waals surface area contributed by atoms with Crippen LogP contribution in [-0.2, 0) is 14.8 Å². The number of benzene rings is 4. The third-order valence-electron chi connectivity index (χ3n) is 7.03. The van der Waals surface area contributed by atoms with E-state index in [1.165, 1.54) is 4.31 Å². The zero-order valence-electron chi connectivity index (χ0n) is 21.9. The highest BCUT2D eigenvalue weighted by molar-refractivity contribution is 7.89. The molecule has 1 amide bonds. The lowest BCUT2D eigenvalue weighted by Crippen LogP contribution is -2.38. The summed E-state index contributed by atoms with van der Waals surface area (Å²) in [6, 6.07) is 31.8. The van der Waals surface area contributed by atoms with Gasteiger partial charge in [-0.3, -0.25) is 9.69 Å². The zero-order valence-corrected chi connectivity index (χ0v) is 22.7. The van der Waals surface area contributed by atoms with E-state index in [2.05, 4.69) is 6.58 Å². The first kappa shape index (κ1) is 26.4. The van der Waals surface area contributed by atoms with Gasteiger partial charge in [-0.05, 0) is 55.0 Å². The summed E-state index contributed by atoms with van der Waals surface area (Å²) in [5, 5.41) is 0. The Morgan fingerprint density at radius 1 is 0.846 bits per heavy atom. The molecule has 0 bridgehead atoms. The van der Waals surface area contributed by atoms with E-state index in [9.17, 15) is 13.2 Å². The number of ether oxygens (including phenoxy) is 1. The fourth-order valence-corrected chi connectivity index (χ4v) is 6.74. The monoisotopic (exact) mass is 538 g/mol. The number of methoxy groups -OCH3 is 1. The van der Waals surface area contributed by atoms with Gasteiger partial charge in [0.05, 0.1) is 24.0 Å². The number of nitrogens with zero attached hydrogens (tertiary/aromatic N) is 2. The first-order valence-corrected chi connectivity index (χ1v) is 14.1. The van der Waals surface area contributed by atoms with E-state index in [0.29, 0.717) is 28.3 Å². The lowest BCUT2D eigenvalue weighted by Gasteiger charge is -2.32. The first-order chi connectivity index (χ1) is 18.8. The van der Waals surface area contributed by atoms with Gasteiger partial charge in [-0.1, -0.05) is 78.9 Å². The van der Waals surface area contributed by atoms with Gasteiger partial charge in [0.1, 0.15) is 5.75 Å². The molecule has 0 aromatic heterocycles. The molecule has 198 valence electrons. The second kappa shape index (κ2) is 10.9. The SMILES string of the molecule is C=C1CN(S(=O)(=O)c2ccc(C)cc2)[C@@H](c2ccccc2OC)[C@@H]1C(=O)N(c1ccccc1)c1ccccc1. The third kappa shape index (κ3) is 4.99. The highest BCUT2D eigenvalue weighted by atomic mass is 32.2. The maximum Gasteiger partial charge on any atom is 0.243 e. The van der Waals surface area contributed by atoms with Crippen LogP contribution in [0.1, 0.15) is 17.2 Å². The Bertz CT molecular complexity index is 1550. The van der Waals surface area contributed by atoms with Crippen LogP contribution in [0.4, 0.5) is 11.4 Å². The molecule has 0 unspecified atom stereocenters. The van der Waals surface area contributed by atoms with E-state index in [0.717, 1.165) is 5.56 Å². The van der Waals surface area contributed by atoms with Gasteiger partial charge in [-0.15, -0.1) is 0 Å². The minimum atomic E-state index is -3.99. The number of sulfonamides is 1. The molecule has 7 heteroatoms. The Hall–Kier alpha value is -4.20. The molecule has 0 N–H and O–H groups in total. The van der Waals surface area contributed by atoms with Gasteiger partial charge >= 0.3 is 0 Å². The number of hydrogen-bond acceptors (Lipinski definition) is 4. The second-order valence-electron chi connectivity index (χ2n) is 9.53. The van der Waals surface area contributed by atoms with Crippen molar-refractivity contribution in [3.8, 4) is 5.75 Å². The van der Waals surface area contributed by atoms with Gasteiger partial charge < -0.3 is 4.74 Å². The molecule has 5 rings (SSSR count). The maximum absolute atomic E-state index is 14.6. The van der Waals surface area contributed by atoms with Crippen molar-refractivity contribution in [1.29, 1.82) is 0 Å². The molecule has 1 aliphatic rings. The highest BCUT2D eigenvalue weighted by Gasteiger charge is 2.50. The summed E-state index contributed by atoms with van der Waals surface area (Å²) < 4.78 is 35.2. The highest BCUT2D eigenvalue weighted by Crippen LogP contribution is 2.47. The van der Waals surface area contributed by atoms with Gasteiger partial charge in [0.2, 0.25) is 15.9 Å². The predicted molar refractivity (Wildman–Crippen MR) is 153 cm³/mol. The Labute approximate surface area is 229 Å². The van der Waals surface area contributed by atoms with Crippen LogP contribution in [-0.4, -0.2) is 32.3 Å². The maximum atomic E-state index is 14.6. The molecule has 39 heavy (non-hydrogen) atoms. The minimum Gasteiger partial charge on any atom is -0.496 e. The minimum absolute atomic E-state index is 0.00670. The van der Waals surface area contributed by atoms with Crippen LogP contribution in [0, 0.1) is 12.8 Å². The molecule has 0 spiro atoms. The number of para-hydroxylation sites is 3. The number of carbonyl (C=O) groups is 1. The molecule has 1 fully saturated rings. The van der Waals surface area contributed by atoms with Gasteiger partial charge in [-0.2, -0.15) is 4.31 Å². The largest absolute Gasteiger partial charge is 0.496 e. The summed E-state index contributed by atoms with van der Waals surface area (Å²) in [5.74, 6) is -0.623. The average Bonchev–Trinajstić information content (AvgIpc) is 3.32. The van der Waals surface area contributed by atoms with Crippen molar-refractivity contribution >= 4 is 27.3 Å². The number of amides is 1. The topological polar surface area (TPSA) is 66.9 Å². The third-order valence-corrected chi connectivity index (χ3v) is 8.87. The van der Waals surface area contributed by atoms with Crippen molar-refractivity contribution in [2.45, 2.75) is 17.9 Å². The Kier molecular flexibility index (Phi) is 7.37. The number of hydrogen-bond donors (Lipinski definition) is 0. The fraction of sp³-hybridized carbons (Fsp3) is 0.156. The Morgan fingerprint density at radius 2 is 1.38 bits per heavy atom. The van der Waals surface area contributed by atoms with E-state index in [-0.39, 0.29) is 17.3 Å². The Balaban J connectivity index is 1.68.